The lowest BCUT2D eigenvalue weighted by Gasteiger charge is -2.26. The van der Waals surface area contributed by atoms with Crippen molar-refractivity contribution in [2.45, 2.75) is 6.42 Å². The number of ether oxygens (including phenoxy) is 5. The number of benzene rings is 4. The molecular weight excluding hydrogens is 574 g/mol. The van der Waals surface area contributed by atoms with E-state index in [2.05, 4.69) is 25.5 Å². The molecule has 2 amide bonds. The molecular formula is C34H33N5O6. The van der Waals surface area contributed by atoms with Crippen LogP contribution in [0.15, 0.2) is 79.1 Å². The van der Waals surface area contributed by atoms with Crippen molar-refractivity contribution in [1.82, 2.24) is 14.9 Å². The molecule has 0 radical (unpaired) electrons. The minimum atomic E-state index is -0.343. The number of rotatable bonds is 9. The Kier molecular flexibility index (Phi) is 8.43. The largest absolute Gasteiger partial charge is 0.489 e. The molecule has 0 spiro atoms. The molecule has 0 bridgehead atoms. The van der Waals surface area contributed by atoms with Crippen molar-refractivity contribution < 1.29 is 28.5 Å². The van der Waals surface area contributed by atoms with E-state index in [1.807, 2.05) is 48.5 Å². The molecule has 3 heterocycles. The van der Waals surface area contributed by atoms with Crippen molar-refractivity contribution in [3.8, 4) is 28.9 Å². The first kappa shape index (κ1) is 28.6. The van der Waals surface area contributed by atoms with Gasteiger partial charge in [-0.05, 0) is 42.1 Å². The zero-order valence-corrected chi connectivity index (χ0v) is 24.7. The Bertz CT molecular complexity index is 1800. The quantitative estimate of drug-likeness (QED) is 0.192. The number of aromatic nitrogens is 2. The van der Waals surface area contributed by atoms with Gasteiger partial charge in [0.2, 0.25) is 11.6 Å². The van der Waals surface area contributed by atoms with E-state index in [1.165, 1.54) is 6.33 Å². The first-order valence-electron chi connectivity index (χ1n) is 15.1. The molecule has 1 aromatic heterocycles. The maximum atomic E-state index is 12.8. The van der Waals surface area contributed by atoms with Gasteiger partial charge in [0.05, 0.1) is 31.0 Å². The third-order valence-corrected chi connectivity index (χ3v) is 7.69. The van der Waals surface area contributed by atoms with Gasteiger partial charge >= 0.3 is 6.03 Å². The summed E-state index contributed by atoms with van der Waals surface area (Å²) in [5.74, 6) is 2.47. The van der Waals surface area contributed by atoms with Gasteiger partial charge in [0.1, 0.15) is 30.7 Å². The average molecular weight is 608 g/mol. The molecule has 7 rings (SSSR count). The second kappa shape index (κ2) is 13.2. The number of fused-ring (bicyclic) bond motifs is 4. The van der Waals surface area contributed by atoms with Crippen molar-refractivity contribution in [2.75, 3.05) is 63.3 Å². The van der Waals surface area contributed by atoms with Gasteiger partial charge in [-0.1, -0.05) is 36.4 Å². The average Bonchev–Trinajstić information content (AvgIpc) is 3.08. The minimum Gasteiger partial charge on any atom is -0.489 e. The maximum absolute atomic E-state index is 12.8. The Balaban J connectivity index is 1.04. The number of anilines is 2. The summed E-state index contributed by atoms with van der Waals surface area (Å²) < 4.78 is 29.8. The number of carbonyl (C=O) groups excluding carboxylic acids is 1. The van der Waals surface area contributed by atoms with E-state index < -0.39 is 0 Å². The molecule has 1 fully saturated rings. The molecule has 11 heteroatoms. The number of hydrogen-bond acceptors (Lipinski definition) is 9. The lowest BCUT2D eigenvalue weighted by Crippen LogP contribution is -2.37. The van der Waals surface area contributed by atoms with Crippen molar-refractivity contribution in [2.24, 2.45) is 0 Å². The number of nitrogens with zero attached hydrogens (tertiary/aromatic N) is 3. The van der Waals surface area contributed by atoms with Crippen molar-refractivity contribution in [1.29, 1.82) is 0 Å². The fourth-order valence-corrected chi connectivity index (χ4v) is 5.50. The highest BCUT2D eigenvalue weighted by atomic mass is 16.6. The molecule has 1 saturated heterocycles. The van der Waals surface area contributed by atoms with Gasteiger partial charge in [0, 0.05) is 36.8 Å². The number of morpholine rings is 1. The zero-order valence-electron chi connectivity index (χ0n) is 24.7. The number of nitrogens with one attached hydrogen (secondary N) is 2. The summed E-state index contributed by atoms with van der Waals surface area (Å²) in [6.07, 6.45) is 2.32. The van der Waals surface area contributed by atoms with Crippen LogP contribution < -0.4 is 29.6 Å². The van der Waals surface area contributed by atoms with Gasteiger partial charge in [0.25, 0.3) is 0 Å². The molecule has 2 aliphatic rings. The Morgan fingerprint density at radius 2 is 1.67 bits per heavy atom. The van der Waals surface area contributed by atoms with E-state index in [1.54, 1.807) is 24.3 Å². The molecule has 5 aromatic rings. The highest BCUT2D eigenvalue weighted by Gasteiger charge is 2.25. The minimum absolute atomic E-state index is 0.329. The van der Waals surface area contributed by atoms with Crippen molar-refractivity contribution >= 4 is 39.1 Å². The van der Waals surface area contributed by atoms with E-state index >= 15 is 0 Å². The second-order valence-electron chi connectivity index (χ2n) is 10.7. The third-order valence-electron chi connectivity index (χ3n) is 7.69. The van der Waals surface area contributed by atoms with Gasteiger partial charge in [-0.25, -0.2) is 14.8 Å². The SMILES string of the molecule is O=C(Nc1ccc(Oc2ncnc3cc(OCCCN4CCOCC4)c4c(c23)OCCO4)cc1)Nc1cccc2ccccc12. The lowest BCUT2D eigenvalue weighted by molar-refractivity contribution is 0.0357. The number of hydrogen-bond donors (Lipinski definition) is 2. The summed E-state index contributed by atoms with van der Waals surface area (Å²) in [6, 6.07) is 22.2. The molecule has 230 valence electrons. The van der Waals surface area contributed by atoms with Crippen molar-refractivity contribution in [3.05, 3.63) is 79.1 Å². The van der Waals surface area contributed by atoms with Gasteiger partial charge < -0.3 is 34.3 Å². The zero-order chi connectivity index (χ0) is 30.4. The fraction of sp³-hybridized carbons (Fsp3) is 0.265. The summed E-state index contributed by atoms with van der Waals surface area (Å²) in [4.78, 5) is 24.0. The Hall–Kier alpha value is -5.13. The molecule has 45 heavy (non-hydrogen) atoms. The first-order chi connectivity index (χ1) is 22.2. The third kappa shape index (κ3) is 6.54. The summed E-state index contributed by atoms with van der Waals surface area (Å²) in [7, 11) is 0. The van der Waals surface area contributed by atoms with Gasteiger partial charge in [0.15, 0.2) is 11.5 Å². The molecule has 0 atom stereocenters. The molecule has 4 aromatic carbocycles. The van der Waals surface area contributed by atoms with Crippen LogP contribution in [0.5, 0.6) is 28.9 Å². The Morgan fingerprint density at radius 3 is 2.53 bits per heavy atom. The second-order valence-corrected chi connectivity index (χ2v) is 10.7. The highest BCUT2D eigenvalue weighted by molar-refractivity contribution is 6.06. The Labute approximate surface area is 260 Å². The van der Waals surface area contributed by atoms with Crippen LogP contribution in [-0.2, 0) is 4.74 Å². The van der Waals surface area contributed by atoms with Crippen LogP contribution in [0.4, 0.5) is 16.2 Å². The van der Waals surface area contributed by atoms with E-state index in [4.69, 9.17) is 23.7 Å². The van der Waals surface area contributed by atoms with E-state index in [-0.39, 0.29) is 6.03 Å². The maximum Gasteiger partial charge on any atom is 0.323 e. The van der Waals surface area contributed by atoms with Gasteiger partial charge in [-0.15, -0.1) is 0 Å². The topological polar surface area (TPSA) is 116 Å². The molecule has 0 saturated carbocycles. The molecule has 2 N–H and O–H groups in total. The summed E-state index contributed by atoms with van der Waals surface area (Å²) in [5, 5.41) is 8.42. The van der Waals surface area contributed by atoms with Gasteiger partial charge in [-0.3, -0.25) is 4.90 Å². The van der Waals surface area contributed by atoms with Crippen LogP contribution in [0, 0.1) is 0 Å². The van der Waals surface area contributed by atoms with Crippen LogP contribution in [0.1, 0.15) is 6.42 Å². The summed E-state index contributed by atoms with van der Waals surface area (Å²) in [5.41, 5.74) is 1.96. The monoisotopic (exact) mass is 607 g/mol. The van der Waals surface area contributed by atoms with Crippen LogP contribution in [-0.4, -0.2) is 73.6 Å². The van der Waals surface area contributed by atoms with E-state index in [0.29, 0.717) is 65.3 Å². The molecule has 2 aliphatic heterocycles. The van der Waals surface area contributed by atoms with Crippen LogP contribution in [0.3, 0.4) is 0 Å². The standard InChI is InChI=1S/C34H33N5O6/c40-34(38-27-8-3-6-23-5-1-2-7-26(23)27)37-24-9-11-25(12-10-24)45-33-30-28(35-22-36-33)21-29(31-32(30)44-20-19-43-31)42-16-4-13-39-14-17-41-18-15-39/h1-3,5-12,21-22H,4,13-20H2,(H2,37,38,40). The molecule has 0 aliphatic carbocycles. The predicted molar refractivity (Wildman–Crippen MR) is 171 cm³/mol. The van der Waals surface area contributed by atoms with Gasteiger partial charge in [-0.2, -0.15) is 0 Å². The van der Waals surface area contributed by atoms with Crippen LogP contribution >= 0.6 is 0 Å². The predicted octanol–water partition coefficient (Wildman–Crippen LogP) is 6.09. The number of urea groups is 1. The fourth-order valence-electron chi connectivity index (χ4n) is 5.50. The lowest BCUT2D eigenvalue weighted by atomic mass is 10.1. The molecule has 0 unspecified atom stereocenters. The number of amides is 2. The Morgan fingerprint density at radius 1 is 0.867 bits per heavy atom. The highest BCUT2D eigenvalue weighted by Crippen LogP contribution is 2.47. The normalized spacial score (nSPS) is 14.7. The van der Waals surface area contributed by atoms with Crippen molar-refractivity contribution in [3.63, 3.8) is 0 Å². The number of carbonyl (C=O) groups is 1. The summed E-state index contributed by atoms with van der Waals surface area (Å²) in [6.45, 7) is 5.73. The molecule has 11 nitrogen and oxygen atoms in total. The smallest absolute Gasteiger partial charge is 0.323 e. The van der Waals surface area contributed by atoms with E-state index in [0.717, 1.165) is 55.7 Å². The first-order valence-corrected chi connectivity index (χ1v) is 15.1. The van der Waals surface area contributed by atoms with Crippen LogP contribution in [0.25, 0.3) is 21.7 Å². The van der Waals surface area contributed by atoms with Crippen LogP contribution in [0.2, 0.25) is 0 Å². The summed E-state index contributed by atoms with van der Waals surface area (Å²) >= 11 is 0. The van der Waals surface area contributed by atoms with E-state index in [9.17, 15) is 4.79 Å².